The topological polar surface area (TPSA) is 66.0 Å². The third-order valence-corrected chi connectivity index (χ3v) is 5.12. The van der Waals surface area contributed by atoms with Gasteiger partial charge in [0.25, 0.3) is 0 Å². The van der Waals surface area contributed by atoms with Crippen molar-refractivity contribution in [1.82, 2.24) is 15.5 Å². The van der Waals surface area contributed by atoms with Crippen LogP contribution in [-0.2, 0) is 4.79 Å². The van der Waals surface area contributed by atoms with Gasteiger partial charge < -0.3 is 20.3 Å². The van der Waals surface area contributed by atoms with Crippen molar-refractivity contribution < 1.29 is 13.9 Å². The van der Waals surface area contributed by atoms with Crippen LogP contribution in [0.5, 0.6) is 5.75 Å². The molecular formula is C20H29FN4O2. The Hall–Kier alpha value is -2.31. The summed E-state index contributed by atoms with van der Waals surface area (Å²) in [6.45, 7) is 7.73. The molecule has 1 aromatic rings. The number of piperidine rings is 1. The van der Waals surface area contributed by atoms with Gasteiger partial charge in [0.2, 0.25) is 5.91 Å². The molecule has 1 amide bonds. The molecule has 27 heavy (non-hydrogen) atoms. The minimum Gasteiger partial charge on any atom is -0.489 e. The Kier molecular flexibility index (Phi) is 6.19. The van der Waals surface area contributed by atoms with E-state index in [0.717, 1.165) is 45.0 Å². The zero-order valence-electron chi connectivity index (χ0n) is 16.1. The van der Waals surface area contributed by atoms with Gasteiger partial charge in [-0.2, -0.15) is 0 Å². The van der Waals surface area contributed by atoms with Crippen molar-refractivity contribution in [1.29, 1.82) is 0 Å². The molecule has 2 fully saturated rings. The van der Waals surface area contributed by atoms with E-state index in [1.54, 1.807) is 12.1 Å². The quantitative estimate of drug-likeness (QED) is 0.611. The number of carbonyl (C=O) groups excluding carboxylic acids is 1. The summed E-state index contributed by atoms with van der Waals surface area (Å²) < 4.78 is 19.1. The molecule has 2 heterocycles. The summed E-state index contributed by atoms with van der Waals surface area (Å²) in [6.07, 6.45) is 2.55. The predicted octanol–water partition coefficient (Wildman–Crippen LogP) is 2.16. The molecule has 0 aromatic heterocycles. The zero-order valence-corrected chi connectivity index (χ0v) is 16.1. The zero-order chi connectivity index (χ0) is 19.3. The van der Waals surface area contributed by atoms with Crippen LogP contribution in [-0.4, -0.2) is 55.6 Å². The summed E-state index contributed by atoms with van der Waals surface area (Å²) in [5.74, 6) is 1.20. The molecule has 1 spiro atoms. The Balaban J connectivity index is 1.62. The van der Waals surface area contributed by atoms with Crippen LogP contribution in [0.2, 0.25) is 0 Å². The second-order valence-corrected chi connectivity index (χ2v) is 7.56. The second kappa shape index (κ2) is 8.59. The van der Waals surface area contributed by atoms with Gasteiger partial charge in [0.1, 0.15) is 17.7 Å². The van der Waals surface area contributed by atoms with Crippen molar-refractivity contribution in [3.63, 3.8) is 0 Å². The van der Waals surface area contributed by atoms with Crippen LogP contribution in [0.1, 0.15) is 33.1 Å². The number of ether oxygens (including phenoxy) is 1. The average molecular weight is 376 g/mol. The first kappa shape index (κ1) is 19.5. The lowest BCUT2D eigenvalue weighted by atomic mass is 9.79. The van der Waals surface area contributed by atoms with Crippen LogP contribution in [0.3, 0.4) is 0 Å². The van der Waals surface area contributed by atoms with Crippen molar-refractivity contribution in [2.45, 2.75) is 39.2 Å². The fraction of sp³-hybridized carbons (Fsp3) is 0.600. The van der Waals surface area contributed by atoms with Crippen LogP contribution >= 0.6 is 0 Å². The van der Waals surface area contributed by atoms with Crippen molar-refractivity contribution in [3.05, 3.63) is 30.1 Å². The van der Waals surface area contributed by atoms with E-state index in [0.29, 0.717) is 18.7 Å². The first-order chi connectivity index (χ1) is 13.0. The van der Waals surface area contributed by atoms with Gasteiger partial charge in [-0.1, -0.05) is 6.07 Å². The lowest BCUT2D eigenvalue weighted by molar-refractivity contribution is -0.119. The van der Waals surface area contributed by atoms with Gasteiger partial charge in [0, 0.05) is 44.1 Å². The molecule has 0 saturated carbocycles. The fourth-order valence-corrected chi connectivity index (χ4v) is 3.88. The van der Waals surface area contributed by atoms with Crippen molar-refractivity contribution in [2.75, 3.05) is 32.7 Å². The molecule has 2 aliphatic heterocycles. The molecule has 0 aliphatic carbocycles. The number of nitrogens with one attached hydrogen (secondary N) is 2. The number of amides is 1. The Labute approximate surface area is 160 Å². The number of hydrogen-bond acceptors (Lipinski definition) is 3. The lowest BCUT2D eigenvalue weighted by Gasteiger charge is -2.40. The van der Waals surface area contributed by atoms with E-state index in [1.165, 1.54) is 12.1 Å². The minimum absolute atomic E-state index is 0.0230. The lowest BCUT2D eigenvalue weighted by Crippen LogP contribution is -2.51. The molecule has 2 saturated heterocycles. The maximum absolute atomic E-state index is 13.3. The molecule has 2 unspecified atom stereocenters. The van der Waals surface area contributed by atoms with Gasteiger partial charge in [0.15, 0.2) is 5.96 Å². The van der Waals surface area contributed by atoms with E-state index in [9.17, 15) is 9.18 Å². The molecule has 3 rings (SSSR count). The molecule has 0 bridgehead atoms. The van der Waals surface area contributed by atoms with Crippen LogP contribution in [0, 0.1) is 11.2 Å². The number of aliphatic imine (C=N–C) groups is 1. The number of rotatable bonds is 5. The van der Waals surface area contributed by atoms with E-state index in [1.807, 2.05) is 13.8 Å². The summed E-state index contributed by atoms with van der Waals surface area (Å²) in [4.78, 5) is 18.7. The third kappa shape index (κ3) is 5.11. The van der Waals surface area contributed by atoms with E-state index in [4.69, 9.17) is 9.73 Å². The Morgan fingerprint density at radius 2 is 2.37 bits per heavy atom. The largest absolute Gasteiger partial charge is 0.489 e. The molecular weight excluding hydrogens is 347 g/mol. The molecule has 1 aromatic carbocycles. The Morgan fingerprint density at radius 1 is 1.52 bits per heavy atom. The van der Waals surface area contributed by atoms with E-state index >= 15 is 0 Å². The molecule has 2 aliphatic rings. The number of guanidine groups is 1. The van der Waals surface area contributed by atoms with Gasteiger partial charge in [-0.05, 0) is 38.8 Å². The van der Waals surface area contributed by atoms with Crippen molar-refractivity contribution in [3.8, 4) is 5.75 Å². The van der Waals surface area contributed by atoms with E-state index < -0.39 is 0 Å². The highest BCUT2D eigenvalue weighted by Crippen LogP contribution is 2.36. The molecule has 7 heteroatoms. The van der Waals surface area contributed by atoms with Gasteiger partial charge in [-0.25, -0.2) is 9.38 Å². The predicted molar refractivity (Wildman–Crippen MR) is 103 cm³/mol. The normalized spacial score (nSPS) is 24.0. The number of likely N-dealkylation sites (tertiary alicyclic amines) is 1. The third-order valence-electron chi connectivity index (χ3n) is 5.12. The number of carbonyl (C=O) groups is 1. The maximum Gasteiger partial charge on any atom is 0.220 e. The number of benzene rings is 1. The highest BCUT2D eigenvalue weighted by Gasteiger charge is 2.42. The minimum atomic E-state index is -0.310. The smallest absolute Gasteiger partial charge is 0.220 e. The summed E-state index contributed by atoms with van der Waals surface area (Å²) in [6, 6.07) is 6.15. The van der Waals surface area contributed by atoms with Gasteiger partial charge in [-0.3, -0.25) is 4.79 Å². The molecule has 2 atom stereocenters. The first-order valence-corrected chi connectivity index (χ1v) is 9.72. The molecule has 2 N–H and O–H groups in total. The van der Waals surface area contributed by atoms with Crippen molar-refractivity contribution in [2.24, 2.45) is 10.4 Å². The summed E-state index contributed by atoms with van der Waals surface area (Å²) in [7, 11) is 0. The standard InChI is InChI=1S/C20H29FN4O2/c1-3-22-19(23-12-15(2)27-17-7-4-6-16(21)10-17)25-9-5-8-20(14-25)11-18(26)24-13-20/h4,6-7,10,15H,3,5,8-9,11-14H2,1-2H3,(H,22,23)(H,24,26). The van der Waals surface area contributed by atoms with Crippen LogP contribution in [0.4, 0.5) is 4.39 Å². The highest BCUT2D eigenvalue weighted by molar-refractivity contribution is 5.81. The monoisotopic (exact) mass is 376 g/mol. The SMILES string of the molecule is CCNC(=NCC(C)Oc1cccc(F)c1)N1CCCC2(CNC(=O)C2)C1. The number of halogens is 1. The summed E-state index contributed by atoms with van der Waals surface area (Å²) in [5, 5.41) is 6.33. The first-order valence-electron chi connectivity index (χ1n) is 9.72. The van der Waals surface area contributed by atoms with E-state index in [2.05, 4.69) is 15.5 Å². The molecule has 0 radical (unpaired) electrons. The number of nitrogens with zero attached hydrogens (tertiary/aromatic N) is 2. The molecule has 6 nitrogen and oxygen atoms in total. The van der Waals surface area contributed by atoms with Crippen LogP contribution in [0.25, 0.3) is 0 Å². The van der Waals surface area contributed by atoms with Gasteiger partial charge in [-0.15, -0.1) is 0 Å². The summed E-state index contributed by atoms with van der Waals surface area (Å²) >= 11 is 0. The average Bonchev–Trinajstić information content (AvgIpc) is 2.98. The van der Waals surface area contributed by atoms with Gasteiger partial charge >= 0.3 is 0 Å². The Bertz CT molecular complexity index is 696. The van der Waals surface area contributed by atoms with Crippen LogP contribution in [0.15, 0.2) is 29.3 Å². The highest BCUT2D eigenvalue weighted by atomic mass is 19.1. The second-order valence-electron chi connectivity index (χ2n) is 7.56. The number of hydrogen-bond donors (Lipinski definition) is 2. The fourth-order valence-electron chi connectivity index (χ4n) is 3.88. The van der Waals surface area contributed by atoms with Gasteiger partial charge in [0.05, 0.1) is 6.54 Å². The van der Waals surface area contributed by atoms with Crippen molar-refractivity contribution >= 4 is 11.9 Å². The summed E-state index contributed by atoms with van der Waals surface area (Å²) in [5.41, 5.74) is 0.0230. The maximum atomic E-state index is 13.3. The van der Waals surface area contributed by atoms with Crippen LogP contribution < -0.4 is 15.4 Å². The van der Waals surface area contributed by atoms with E-state index in [-0.39, 0.29) is 23.2 Å². The molecule has 148 valence electrons. The Morgan fingerprint density at radius 3 is 3.07 bits per heavy atom.